The van der Waals surface area contributed by atoms with E-state index in [1.54, 1.807) is 0 Å². The minimum Gasteiger partial charge on any atom is -0.355 e. The summed E-state index contributed by atoms with van der Waals surface area (Å²) >= 11 is 0. The lowest BCUT2D eigenvalue weighted by molar-refractivity contribution is 0.494. The van der Waals surface area contributed by atoms with Crippen LogP contribution in [0.4, 0.5) is 5.82 Å². The first-order valence-corrected chi connectivity index (χ1v) is 5.86. The molecule has 1 aliphatic heterocycles. The number of rotatable bonds is 1. The number of aromatic nitrogens is 2. The van der Waals surface area contributed by atoms with Crippen molar-refractivity contribution in [3.63, 3.8) is 0 Å². The molecule has 1 aliphatic carbocycles. The van der Waals surface area contributed by atoms with Gasteiger partial charge in [0.2, 0.25) is 0 Å². The monoisotopic (exact) mass is 203 g/mol. The lowest BCUT2D eigenvalue weighted by Crippen LogP contribution is -2.22. The molecule has 2 heterocycles. The molecular weight excluding hydrogens is 186 g/mol. The van der Waals surface area contributed by atoms with Gasteiger partial charge in [-0.3, -0.25) is 4.98 Å². The second kappa shape index (κ2) is 3.47. The Labute approximate surface area is 90.5 Å². The summed E-state index contributed by atoms with van der Waals surface area (Å²) in [6.07, 6.45) is 7.98. The fraction of sp³-hybridized carbons (Fsp3) is 0.667. The van der Waals surface area contributed by atoms with E-state index >= 15 is 0 Å². The van der Waals surface area contributed by atoms with E-state index in [1.165, 1.54) is 32.4 Å². The largest absolute Gasteiger partial charge is 0.355 e. The van der Waals surface area contributed by atoms with Gasteiger partial charge in [0, 0.05) is 19.3 Å². The van der Waals surface area contributed by atoms with Crippen molar-refractivity contribution in [2.24, 2.45) is 11.8 Å². The lowest BCUT2D eigenvalue weighted by Gasteiger charge is -2.17. The number of nitrogens with zero attached hydrogens (tertiary/aromatic N) is 3. The molecule has 1 saturated heterocycles. The Morgan fingerprint density at radius 2 is 1.93 bits per heavy atom. The van der Waals surface area contributed by atoms with Crippen molar-refractivity contribution < 1.29 is 0 Å². The summed E-state index contributed by atoms with van der Waals surface area (Å²) in [6, 6.07) is 0. The van der Waals surface area contributed by atoms with E-state index in [4.69, 9.17) is 0 Å². The second-order valence-electron chi connectivity index (χ2n) is 4.87. The molecule has 1 saturated carbocycles. The van der Waals surface area contributed by atoms with E-state index in [9.17, 15) is 0 Å². The average molecular weight is 203 g/mol. The molecule has 1 aromatic heterocycles. The summed E-state index contributed by atoms with van der Waals surface area (Å²) in [5, 5.41) is 0. The van der Waals surface area contributed by atoms with Gasteiger partial charge in [0.05, 0.1) is 11.9 Å². The molecule has 3 rings (SSSR count). The van der Waals surface area contributed by atoms with Gasteiger partial charge >= 0.3 is 0 Å². The van der Waals surface area contributed by atoms with E-state index in [0.717, 1.165) is 23.3 Å². The minimum absolute atomic E-state index is 0.923. The lowest BCUT2D eigenvalue weighted by atomic mass is 10.0. The molecule has 3 nitrogen and oxygen atoms in total. The van der Waals surface area contributed by atoms with Gasteiger partial charge in [0.15, 0.2) is 0 Å². The fourth-order valence-electron chi connectivity index (χ4n) is 3.02. The van der Waals surface area contributed by atoms with Crippen LogP contribution in [0.25, 0.3) is 0 Å². The molecule has 2 aliphatic rings. The Bertz CT molecular complexity index is 352. The molecule has 2 atom stereocenters. The molecule has 3 heteroatoms. The van der Waals surface area contributed by atoms with Crippen LogP contribution in [0, 0.1) is 18.8 Å². The molecule has 15 heavy (non-hydrogen) atoms. The summed E-state index contributed by atoms with van der Waals surface area (Å²) in [5.41, 5.74) is 1.02. The number of aryl methyl sites for hydroxylation is 1. The summed E-state index contributed by atoms with van der Waals surface area (Å²) in [7, 11) is 0. The van der Waals surface area contributed by atoms with Gasteiger partial charge in [-0.25, -0.2) is 4.98 Å². The summed E-state index contributed by atoms with van der Waals surface area (Å²) in [5.74, 6) is 2.92. The third-order valence-corrected chi connectivity index (χ3v) is 3.79. The average Bonchev–Trinajstić information content (AvgIpc) is 2.76. The van der Waals surface area contributed by atoms with Gasteiger partial charge in [0.1, 0.15) is 5.82 Å². The second-order valence-corrected chi connectivity index (χ2v) is 4.87. The zero-order valence-electron chi connectivity index (χ0n) is 9.19. The molecular formula is C12H17N3. The van der Waals surface area contributed by atoms with Crippen molar-refractivity contribution in [3.8, 4) is 0 Å². The highest BCUT2D eigenvalue weighted by Gasteiger charge is 2.36. The quantitative estimate of drug-likeness (QED) is 0.699. The van der Waals surface area contributed by atoms with Gasteiger partial charge in [0.25, 0.3) is 0 Å². The SMILES string of the molecule is Cc1cncc(N2CC3CCCC3C2)n1. The topological polar surface area (TPSA) is 29.0 Å². The Morgan fingerprint density at radius 1 is 1.20 bits per heavy atom. The molecule has 0 spiro atoms. The van der Waals surface area contributed by atoms with Gasteiger partial charge in [-0.15, -0.1) is 0 Å². The van der Waals surface area contributed by atoms with Crippen LogP contribution >= 0.6 is 0 Å². The first-order valence-electron chi connectivity index (χ1n) is 5.86. The number of fused-ring (bicyclic) bond motifs is 1. The van der Waals surface area contributed by atoms with E-state index in [1.807, 2.05) is 19.3 Å². The maximum absolute atomic E-state index is 4.55. The summed E-state index contributed by atoms with van der Waals surface area (Å²) in [6.45, 7) is 4.40. The molecule has 0 aromatic carbocycles. The Morgan fingerprint density at radius 3 is 2.60 bits per heavy atom. The predicted octanol–water partition coefficient (Wildman–Crippen LogP) is 2.02. The molecule has 1 aromatic rings. The first kappa shape index (κ1) is 9.13. The van der Waals surface area contributed by atoms with Crippen molar-refractivity contribution in [3.05, 3.63) is 18.1 Å². The third-order valence-electron chi connectivity index (χ3n) is 3.79. The number of hydrogen-bond donors (Lipinski definition) is 0. The molecule has 0 radical (unpaired) electrons. The summed E-state index contributed by atoms with van der Waals surface area (Å²) < 4.78 is 0. The molecule has 0 amide bonds. The van der Waals surface area contributed by atoms with Crippen molar-refractivity contribution in [1.29, 1.82) is 0 Å². The highest BCUT2D eigenvalue weighted by Crippen LogP contribution is 2.38. The van der Waals surface area contributed by atoms with Crippen LogP contribution in [0.5, 0.6) is 0 Å². The molecule has 2 unspecified atom stereocenters. The molecule has 80 valence electrons. The standard InChI is InChI=1S/C12H17N3/c1-9-5-13-6-12(14-9)15-7-10-3-2-4-11(10)8-15/h5-6,10-11H,2-4,7-8H2,1H3. The van der Waals surface area contributed by atoms with Gasteiger partial charge in [-0.2, -0.15) is 0 Å². The van der Waals surface area contributed by atoms with Crippen molar-refractivity contribution >= 4 is 5.82 Å². The predicted molar refractivity (Wildman–Crippen MR) is 59.8 cm³/mol. The molecule has 0 N–H and O–H groups in total. The Kier molecular flexibility index (Phi) is 2.11. The smallest absolute Gasteiger partial charge is 0.147 e. The normalized spacial score (nSPS) is 29.5. The van der Waals surface area contributed by atoms with Crippen LogP contribution in [-0.2, 0) is 0 Å². The van der Waals surface area contributed by atoms with Crippen LogP contribution in [-0.4, -0.2) is 23.1 Å². The van der Waals surface area contributed by atoms with Gasteiger partial charge in [-0.05, 0) is 31.6 Å². The van der Waals surface area contributed by atoms with Crippen LogP contribution in [0.2, 0.25) is 0 Å². The third kappa shape index (κ3) is 1.60. The minimum atomic E-state index is 0.923. The fourth-order valence-corrected chi connectivity index (χ4v) is 3.02. The van der Waals surface area contributed by atoms with E-state index in [2.05, 4.69) is 14.9 Å². The Balaban J connectivity index is 1.79. The van der Waals surface area contributed by atoms with E-state index < -0.39 is 0 Å². The van der Waals surface area contributed by atoms with Crippen molar-refractivity contribution in [1.82, 2.24) is 9.97 Å². The number of hydrogen-bond acceptors (Lipinski definition) is 3. The van der Waals surface area contributed by atoms with Gasteiger partial charge < -0.3 is 4.90 Å². The van der Waals surface area contributed by atoms with Crippen LogP contribution in [0.1, 0.15) is 25.0 Å². The highest BCUT2D eigenvalue weighted by atomic mass is 15.2. The number of anilines is 1. The zero-order valence-corrected chi connectivity index (χ0v) is 9.19. The van der Waals surface area contributed by atoms with E-state index in [0.29, 0.717) is 0 Å². The van der Waals surface area contributed by atoms with Crippen molar-refractivity contribution in [2.45, 2.75) is 26.2 Å². The maximum Gasteiger partial charge on any atom is 0.147 e. The van der Waals surface area contributed by atoms with E-state index in [-0.39, 0.29) is 0 Å². The molecule has 0 bridgehead atoms. The zero-order chi connectivity index (χ0) is 10.3. The van der Waals surface area contributed by atoms with Gasteiger partial charge in [-0.1, -0.05) is 6.42 Å². The van der Waals surface area contributed by atoms with Crippen molar-refractivity contribution in [2.75, 3.05) is 18.0 Å². The summed E-state index contributed by atoms with van der Waals surface area (Å²) in [4.78, 5) is 11.2. The van der Waals surface area contributed by atoms with Crippen LogP contribution < -0.4 is 4.90 Å². The van der Waals surface area contributed by atoms with Crippen LogP contribution in [0.15, 0.2) is 12.4 Å². The highest BCUT2D eigenvalue weighted by molar-refractivity contribution is 5.38. The maximum atomic E-state index is 4.55. The van der Waals surface area contributed by atoms with Crippen LogP contribution in [0.3, 0.4) is 0 Å². The first-order chi connectivity index (χ1) is 7.33. The Hall–Kier alpha value is -1.12. The molecule has 2 fully saturated rings.